The molecule has 33 heavy (non-hydrogen) atoms. The van der Waals surface area contributed by atoms with Crippen LogP contribution in [0.5, 0.6) is 5.75 Å². The molecule has 1 N–H and O–H groups in total. The van der Waals surface area contributed by atoms with Crippen LogP contribution in [-0.4, -0.2) is 21.7 Å². The van der Waals surface area contributed by atoms with Crippen molar-refractivity contribution in [3.8, 4) is 5.75 Å². The van der Waals surface area contributed by atoms with Crippen LogP contribution in [0.1, 0.15) is 82.9 Å². The van der Waals surface area contributed by atoms with Gasteiger partial charge >= 0.3 is 21.7 Å². The summed E-state index contributed by atoms with van der Waals surface area (Å²) in [5.74, 6) is -6.40. The highest BCUT2D eigenvalue weighted by molar-refractivity contribution is 8.13. The van der Waals surface area contributed by atoms with E-state index in [1.807, 2.05) is 13.8 Å². The van der Waals surface area contributed by atoms with Crippen LogP contribution < -0.4 is 8.31 Å². The number of hydrogen-bond acceptors (Lipinski definition) is 5. The largest absolute Gasteiger partial charge is 0.419 e. The summed E-state index contributed by atoms with van der Waals surface area (Å²) in [6, 6.07) is 3.42. The second-order valence-corrected chi connectivity index (χ2v) is 11.5. The molecule has 1 rings (SSSR count). The fourth-order valence-electron chi connectivity index (χ4n) is 2.51. The average molecular weight is 546 g/mol. The Labute approximate surface area is 201 Å². The van der Waals surface area contributed by atoms with Gasteiger partial charge in [-0.1, -0.05) is 53.7 Å². The molecule has 192 valence electrons. The minimum atomic E-state index is -5.93. The Balaban J connectivity index is 3.23. The van der Waals surface area contributed by atoms with Crippen LogP contribution in [0.4, 0.5) is 35.1 Å². The van der Waals surface area contributed by atoms with Crippen LogP contribution in [0.2, 0.25) is 0 Å². The van der Waals surface area contributed by atoms with Crippen LogP contribution in [0.25, 0.3) is 0 Å². The molecule has 0 fully saturated rings. The lowest BCUT2D eigenvalue weighted by Gasteiger charge is -2.31. The lowest BCUT2D eigenvalue weighted by molar-refractivity contribution is -0.238. The molecule has 0 radical (unpaired) electrons. The predicted molar refractivity (Wildman–Crippen MR) is 121 cm³/mol. The van der Waals surface area contributed by atoms with E-state index in [1.54, 1.807) is 39.8 Å². The SMILES string of the molecule is CC(C)c1cc(C(C)C)c(OSC(F)(F)C(F)(F)C(F)(F)SNSC(C)(F)F)c(C(C)C)c1. The summed E-state index contributed by atoms with van der Waals surface area (Å²) < 4.78 is 116. The summed E-state index contributed by atoms with van der Waals surface area (Å²) in [6.45, 7) is 11.2. The minimum absolute atomic E-state index is 0.0832. The van der Waals surface area contributed by atoms with Gasteiger partial charge in [-0.05, 0) is 34.4 Å². The van der Waals surface area contributed by atoms with Crippen molar-refractivity contribution in [2.45, 2.75) is 87.9 Å². The zero-order chi connectivity index (χ0) is 26.0. The van der Waals surface area contributed by atoms with Gasteiger partial charge in [0, 0.05) is 30.8 Å². The predicted octanol–water partition coefficient (Wildman–Crippen LogP) is 9.40. The van der Waals surface area contributed by atoms with Crippen molar-refractivity contribution in [1.29, 1.82) is 0 Å². The van der Waals surface area contributed by atoms with Gasteiger partial charge in [-0.3, -0.25) is 0 Å². The van der Waals surface area contributed by atoms with Gasteiger partial charge in [0.15, 0.2) is 0 Å². The fourth-order valence-corrected chi connectivity index (χ4v) is 4.62. The molecule has 0 atom stereocenters. The van der Waals surface area contributed by atoms with Gasteiger partial charge in [0.2, 0.25) is 0 Å². The van der Waals surface area contributed by atoms with Gasteiger partial charge in [0.05, 0.1) is 0 Å². The van der Waals surface area contributed by atoms with E-state index in [2.05, 4.69) is 0 Å². The summed E-state index contributed by atoms with van der Waals surface area (Å²) in [5, 5.41) is -14.4. The summed E-state index contributed by atoms with van der Waals surface area (Å²) in [6.07, 6.45) is 0. The first kappa shape index (κ1) is 30.5. The van der Waals surface area contributed by atoms with Crippen LogP contribution in [-0.2, 0) is 0 Å². The van der Waals surface area contributed by atoms with Crippen LogP contribution >= 0.6 is 35.9 Å². The molecule has 1 aromatic carbocycles. The molecule has 1 aromatic rings. The molecule has 0 heterocycles. The van der Waals surface area contributed by atoms with Crippen molar-refractivity contribution in [1.82, 2.24) is 4.13 Å². The highest BCUT2D eigenvalue weighted by Gasteiger charge is 2.74. The van der Waals surface area contributed by atoms with Gasteiger partial charge in [-0.2, -0.15) is 39.3 Å². The third-order valence-corrected chi connectivity index (χ3v) is 6.68. The monoisotopic (exact) mass is 545 g/mol. The summed E-state index contributed by atoms with van der Waals surface area (Å²) in [7, 11) is 0. The topological polar surface area (TPSA) is 21.3 Å². The third-order valence-electron chi connectivity index (χ3n) is 4.43. The highest BCUT2D eigenvalue weighted by atomic mass is 32.2. The zero-order valence-electron chi connectivity index (χ0n) is 19.0. The maximum absolute atomic E-state index is 14.3. The van der Waals surface area contributed by atoms with Gasteiger partial charge in [0.1, 0.15) is 17.8 Å². The average Bonchev–Trinajstić information content (AvgIpc) is 2.63. The quantitative estimate of drug-likeness (QED) is 0.160. The molecule has 2 nitrogen and oxygen atoms in total. The number of alkyl halides is 8. The molecular weight excluding hydrogens is 518 g/mol. The maximum atomic E-state index is 14.3. The number of benzene rings is 1. The number of halogens is 8. The molecule has 13 heteroatoms. The smallest absolute Gasteiger partial charge is 0.398 e. The van der Waals surface area contributed by atoms with E-state index in [0.29, 0.717) is 18.1 Å². The molecule has 0 aliphatic heterocycles. The van der Waals surface area contributed by atoms with Crippen LogP contribution in [0.3, 0.4) is 0 Å². The molecular formula is C20H27F8NOS3. The van der Waals surface area contributed by atoms with Crippen molar-refractivity contribution >= 4 is 35.9 Å². The Kier molecular flexibility index (Phi) is 10.2. The number of rotatable bonds is 12. The fraction of sp³-hybridized carbons (Fsp3) is 0.700. The van der Waals surface area contributed by atoms with Gasteiger partial charge in [-0.15, -0.1) is 0 Å². The lowest BCUT2D eigenvalue weighted by Crippen LogP contribution is -2.51. The molecule has 0 aliphatic rings. The van der Waals surface area contributed by atoms with Crippen molar-refractivity contribution in [3.05, 3.63) is 28.8 Å². The number of hydrogen-bond donors (Lipinski definition) is 1. The van der Waals surface area contributed by atoms with Crippen molar-refractivity contribution < 1.29 is 39.3 Å². The molecule has 0 amide bonds. The molecule has 0 aliphatic carbocycles. The third kappa shape index (κ3) is 7.73. The van der Waals surface area contributed by atoms with E-state index < -0.39 is 57.6 Å². The molecule has 0 saturated carbocycles. The maximum Gasteiger partial charge on any atom is 0.398 e. The molecule has 0 bridgehead atoms. The summed E-state index contributed by atoms with van der Waals surface area (Å²) in [5.41, 5.74) is 1.83. The van der Waals surface area contributed by atoms with E-state index in [4.69, 9.17) is 4.18 Å². The standard InChI is InChI=1S/C20H27F8NOS3/c1-10(2)13-8-14(11(3)4)16(15(9-13)12(5)6)30-33-20(27,28)18(23,24)19(25,26)32-29-31-17(7,21)22/h8-12,29H,1-7H3. The first-order valence-electron chi connectivity index (χ1n) is 9.89. The minimum Gasteiger partial charge on any atom is -0.419 e. The van der Waals surface area contributed by atoms with Crippen molar-refractivity contribution in [3.63, 3.8) is 0 Å². The Bertz CT molecular complexity index is 769. The molecule has 0 spiro atoms. The first-order chi connectivity index (χ1) is 14.7. The Morgan fingerprint density at radius 2 is 1.18 bits per heavy atom. The number of nitrogens with one attached hydrogen (secondary N) is 1. The summed E-state index contributed by atoms with van der Waals surface area (Å²) >= 11 is -2.90. The second-order valence-electron chi connectivity index (χ2n) is 8.36. The van der Waals surface area contributed by atoms with E-state index in [1.165, 1.54) is 4.13 Å². The Hall–Kier alpha value is -0.530. The van der Waals surface area contributed by atoms with Gasteiger partial charge < -0.3 is 4.18 Å². The first-order valence-corrected chi connectivity index (χ1v) is 12.3. The Morgan fingerprint density at radius 1 is 0.727 bits per heavy atom. The van der Waals surface area contributed by atoms with Crippen LogP contribution in [0, 0.1) is 0 Å². The van der Waals surface area contributed by atoms with E-state index in [-0.39, 0.29) is 23.5 Å². The summed E-state index contributed by atoms with van der Waals surface area (Å²) in [4.78, 5) is 0. The van der Waals surface area contributed by atoms with E-state index in [0.717, 1.165) is 5.56 Å². The zero-order valence-corrected chi connectivity index (χ0v) is 21.5. The van der Waals surface area contributed by atoms with Crippen molar-refractivity contribution in [2.75, 3.05) is 0 Å². The van der Waals surface area contributed by atoms with Gasteiger partial charge in [-0.25, -0.2) is 0 Å². The normalized spacial score (nSPS) is 14.0. The van der Waals surface area contributed by atoms with Crippen LogP contribution in [0.15, 0.2) is 12.1 Å². The molecule has 0 saturated heterocycles. The van der Waals surface area contributed by atoms with E-state index >= 15 is 0 Å². The molecule has 0 aromatic heterocycles. The van der Waals surface area contributed by atoms with E-state index in [9.17, 15) is 35.1 Å². The van der Waals surface area contributed by atoms with Crippen molar-refractivity contribution in [2.24, 2.45) is 0 Å². The second kappa shape index (κ2) is 11.0. The molecule has 0 unspecified atom stereocenters. The lowest BCUT2D eigenvalue weighted by atomic mass is 9.88. The van der Waals surface area contributed by atoms with Gasteiger partial charge in [0.25, 0.3) is 0 Å². The Morgan fingerprint density at radius 3 is 1.55 bits per heavy atom. The highest BCUT2D eigenvalue weighted by Crippen LogP contribution is 2.56.